The maximum absolute atomic E-state index is 12.6. The van der Waals surface area contributed by atoms with Gasteiger partial charge in [-0.2, -0.15) is 0 Å². The Hall–Kier alpha value is -1.80. The van der Waals surface area contributed by atoms with Crippen molar-refractivity contribution in [3.8, 4) is 0 Å². The largest absolute Gasteiger partial charge is 0.452 e. The SMILES string of the molecule is CC[C@H](C)N(C(=O)COC(=O)c1ccc(Cl)c(N)c1)[C@@H]1CCS(=O)(=O)C1. The van der Waals surface area contributed by atoms with Gasteiger partial charge in [-0.15, -0.1) is 0 Å². The lowest BCUT2D eigenvalue weighted by molar-refractivity contribution is -0.138. The number of carbonyl (C=O) groups is 2. The number of nitrogen functional groups attached to an aromatic ring is 1. The number of sulfone groups is 1. The van der Waals surface area contributed by atoms with Crippen molar-refractivity contribution in [2.45, 2.75) is 38.8 Å². The summed E-state index contributed by atoms with van der Waals surface area (Å²) in [6.07, 6.45) is 1.07. The number of hydrogen-bond acceptors (Lipinski definition) is 6. The molecule has 0 radical (unpaired) electrons. The van der Waals surface area contributed by atoms with Crippen LogP contribution in [0.25, 0.3) is 0 Å². The van der Waals surface area contributed by atoms with Gasteiger partial charge < -0.3 is 15.4 Å². The van der Waals surface area contributed by atoms with Crippen LogP contribution in [0.3, 0.4) is 0 Å². The van der Waals surface area contributed by atoms with E-state index in [0.717, 1.165) is 0 Å². The van der Waals surface area contributed by atoms with Crippen LogP contribution in [0.4, 0.5) is 5.69 Å². The molecule has 1 aromatic carbocycles. The minimum absolute atomic E-state index is 0.0508. The van der Waals surface area contributed by atoms with Gasteiger partial charge in [-0.1, -0.05) is 18.5 Å². The van der Waals surface area contributed by atoms with Crippen LogP contribution < -0.4 is 5.73 Å². The first-order chi connectivity index (χ1) is 12.1. The molecule has 26 heavy (non-hydrogen) atoms. The molecule has 7 nitrogen and oxygen atoms in total. The zero-order valence-corrected chi connectivity index (χ0v) is 16.3. The first-order valence-electron chi connectivity index (χ1n) is 8.38. The molecule has 2 rings (SSSR count). The molecule has 1 aliphatic rings. The number of hydrogen-bond donors (Lipinski definition) is 1. The summed E-state index contributed by atoms with van der Waals surface area (Å²) >= 11 is 5.81. The molecule has 1 heterocycles. The van der Waals surface area contributed by atoms with Crippen LogP contribution in [0.15, 0.2) is 18.2 Å². The van der Waals surface area contributed by atoms with Gasteiger partial charge in [-0.25, -0.2) is 13.2 Å². The van der Waals surface area contributed by atoms with Gasteiger partial charge in [0.1, 0.15) is 0 Å². The minimum atomic E-state index is -3.13. The number of esters is 1. The molecule has 1 saturated heterocycles. The third-order valence-electron chi connectivity index (χ3n) is 4.51. The van der Waals surface area contributed by atoms with Crippen molar-refractivity contribution in [1.29, 1.82) is 0 Å². The molecule has 1 aliphatic heterocycles. The fourth-order valence-corrected chi connectivity index (χ4v) is 4.79. The van der Waals surface area contributed by atoms with Crippen LogP contribution in [0, 0.1) is 0 Å². The molecular weight excluding hydrogens is 380 g/mol. The number of halogens is 1. The van der Waals surface area contributed by atoms with Crippen molar-refractivity contribution in [3.05, 3.63) is 28.8 Å². The molecule has 1 fully saturated rings. The Morgan fingerprint density at radius 1 is 1.42 bits per heavy atom. The highest BCUT2D eigenvalue weighted by Gasteiger charge is 2.36. The van der Waals surface area contributed by atoms with E-state index in [-0.39, 0.29) is 34.8 Å². The van der Waals surface area contributed by atoms with Crippen molar-refractivity contribution >= 4 is 39.0 Å². The van der Waals surface area contributed by atoms with E-state index in [1.807, 2.05) is 13.8 Å². The molecular formula is C17H23ClN2O5S. The fourth-order valence-electron chi connectivity index (χ4n) is 2.96. The molecule has 1 aromatic rings. The number of benzene rings is 1. The Labute approximate surface area is 158 Å². The van der Waals surface area contributed by atoms with Gasteiger partial charge >= 0.3 is 5.97 Å². The predicted molar refractivity (Wildman–Crippen MR) is 99.8 cm³/mol. The number of anilines is 1. The molecule has 0 saturated carbocycles. The quantitative estimate of drug-likeness (QED) is 0.575. The highest BCUT2D eigenvalue weighted by Crippen LogP contribution is 2.22. The van der Waals surface area contributed by atoms with E-state index < -0.39 is 28.3 Å². The van der Waals surface area contributed by atoms with Crippen LogP contribution in [-0.2, 0) is 19.4 Å². The van der Waals surface area contributed by atoms with Crippen LogP contribution >= 0.6 is 11.6 Å². The van der Waals surface area contributed by atoms with Gasteiger partial charge in [0.2, 0.25) is 0 Å². The van der Waals surface area contributed by atoms with Gasteiger partial charge in [0, 0.05) is 12.1 Å². The fraction of sp³-hybridized carbons (Fsp3) is 0.529. The van der Waals surface area contributed by atoms with Crippen LogP contribution in [-0.4, -0.2) is 55.4 Å². The predicted octanol–water partition coefficient (Wildman–Crippen LogP) is 1.89. The van der Waals surface area contributed by atoms with Gasteiger partial charge in [0.15, 0.2) is 16.4 Å². The normalized spacial score (nSPS) is 19.7. The summed E-state index contributed by atoms with van der Waals surface area (Å²) in [6, 6.07) is 3.79. The molecule has 0 unspecified atom stereocenters. The lowest BCUT2D eigenvalue weighted by Crippen LogP contribution is -2.48. The summed E-state index contributed by atoms with van der Waals surface area (Å²) in [4.78, 5) is 26.3. The lowest BCUT2D eigenvalue weighted by atomic mass is 10.1. The summed E-state index contributed by atoms with van der Waals surface area (Å²) in [7, 11) is -3.13. The van der Waals surface area contributed by atoms with Gasteiger partial charge in [-0.3, -0.25) is 4.79 Å². The average Bonchev–Trinajstić information content (AvgIpc) is 2.94. The van der Waals surface area contributed by atoms with E-state index in [9.17, 15) is 18.0 Å². The summed E-state index contributed by atoms with van der Waals surface area (Å²) in [6.45, 7) is 3.31. The van der Waals surface area contributed by atoms with Crippen LogP contribution in [0.1, 0.15) is 37.0 Å². The number of amides is 1. The van der Waals surface area contributed by atoms with Gasteiger partial charge in [0.05, 0.1) is 27.8 Å². The summed E-state index contributed by atoms with van der Waals surface area (Å²) in [5.74, 6) is -1.08. The lowest BCUT2D eigenvalue weighted by Gasteiger charge is -2.33. The Morgan fingerprint density at radius 2 is 2.12 bits per heavy atom. The number of nitrogens with two attached hydrogens (primary N) is 1. The second-order valence-corrected chi connectivity index (χ2v) is 9.06. The zero-order chi connectivity index (χ0) is 19.5. The van der Waals surface area contributed by atoms with Crippen molar-refractivity contribution < 1.29 is 22.7 Å². The van der Waals surface area contributed by atoms with Gasteiger partial charge in [-0.05, 0) is 38.0 Å². The number of nitrogens with zero attached hydrogens (tertiary/aromatic N) is 1. The molecule has 0 aliphatic carbocycles. The Bertz CT molecular complexity index is 796. The van der Waals surface area contributed by atoms with Crippen molar-refractivity contribution in [3.63, 3.8) is 0 Å². The second-order valence-electron chi connectivity index (χ2n) is 6.43. The highest BCUT2D eigenvalue weighted by molar-refractivity contribution is 7.91. The standard InChI is InChI=1S/C17H23ClN2O5S/c1-3-11(2)20(13-6-7-26(23,24)10-13)16(21)9-25-17(22)12-4-5-14(18)15(19)8-12/h4-5,8,11,13H,3,6-7,9-10,19H2,1-2H3/t11-,13+/m0/s1. The Morgan fingerprint density at radius 3 is 2.65 bits per heavy atom. The molecule has 0 spiro atoms. The van der Waals surface area contributed by atoms with Gasteiger partial charge in [0.25, 0.3) is 5.91 Å². The number of ether oxygens (including phenoxy) is 1. The summed E-state index contributed by atoms with van der Waals surface area (Å²) in [5.41, 5.74) is 6.09. The number of carbonyl (C=O) groups excluding carboxylic acids is 2. The third kappa shape index (κ3) is 4.88. The summed E-state index contributed by atoms with van der Waals surface area (Å²) in [5, 5.41) is 0.322. The first kappa shape index (κ1) is 20.5. The van der Waals surface area contributed by atoms with Crippen molar-refractivity contribution in [2.24, 2.45) is 0 Å². The van der Waals surface area contributed by atoms with E-state index in [1.54, 1.807) is 0 Å². The molecule has 0 aromatic heterocycles. The van der Waals surface area contributed by atoms with Crippen molar-refractivity contribution in [2.75, 3.05) is 23.8 Å². The topological polar surface area (TPSA) is 107 Å². The van der Waals surface area contributed by atoms with Crippen LogP contribution in [0.2, 0.25) is 5.02 Å². The molecule has 1 amide bonds. The van der Waals surface area contributed by atoms with E-state index in [1.165, 1.54) is 23.1 Å². The third-order valence-corrected chi connectivity index (χ3v) is 6.61. The Kier molecular flexibility index (Phi) is 6.52. The molecule has 0 bridgehead atoms. The number of rotatable bonds is 6. The van der Waals surface area contributed by atoms with E-state index in [2.05, 4.69) is 0 Å². The molecule has 144 valence electrons. The molecule has 2 N–H and O–H groups in total. The van der Waals surface area contributed by atoms with Crippen molar-refractivity contribution in [1.82, 2.24) is 4.90 Å². The molecule has 9 heteroatoms. The van der Waals surface area contributed by atoms with E-state index >= 15 is 0 Å². The maximum Gasteiger partial charge on any atom is 0.338 e. The second kappa shape index (κ2) is 8.26. The molecule has 2 atom stereocenters. The maximum atomic E-state index is 12.6. The first-order valence-corrected chi connectivity index (χ1v) is 10.6. The Balaban J connectivity index is 2.04. The average molecular weight is 403 g/mol. The smallest absolute Gasteiger partial charge is 0.338 e. The monoisotopic (exact) mass is 402 g/mol. The van der Waals surface area contributed by atoms with Crippen LogP contribution in [0.5, 0.6) is 0 Å². The van der Waals surface area contributed by atoms with E-state index in [4.69, 9.17) is 22.1 Å². The zero-order valence-electron chi connectivity index (χ0n) is 14.8. The highest BCUT2D eigenvalue weighted by atomic mass is 35.5. The minimum Gasteiger partial charge on any atom is -0.452 e. The van der Waals surface area contributed by atoms with E-state index in [0.29, 0.717) is 17.9 Å². The summed E-state index contributed by atoms with van der Waals surface area (Å²) < 4.78 is 28.6.